The Morgan fingerprint density at radius 1 is 1.22 bits per heavy atom. The lowest BCUT2D eigenvalue weighted by atomic mass is 10.2. The van der Waals surface area contributed by atoms with Crippen molar-refractivity contribution in [3.05, 3.63) is 0 Å². The predicted molar refractivity (Wildman–Crippen MR) is 64.8 cm³/mol. The summed E-state index contributed by atoms with van der Waals surface area (Å²) in [6, 6.07) is 0.00223. The van der Waals surface area contributed by atoms with Crippen molar-refractivity contribution in [2.75, 3.05) is 20.1 Å². The summed E-state index contributed by atoms with van der Waals surface area (Å²) in [6.45, 7) is 0.690. The van der Waals surface area contributed by atoms with Gasteiger partial charge in [0.15, 0.2) is 0 Å². The smallest absolute Gasteiger partial charge is 0.289 e. The highest BCUT2D eigenvalue weighted by molar-refractivity contribution is 6.37. The zero-order valence-electron chi connectivity index (χ0n) is 10.6. The monoisotopic (exact) mass is 253 g/mol. The van der Waals surface area contributed by atoms with Crippen LogP contribution in [0.15, 0.2) is 0 Å². The Labute approximate surface area is 106 Å². The third-order valence-corrected chi connectivity index (χ3v) is 3.41. The van der Waals surface area contributed by atoms with Crippen molar-refractivity contribution in [1.29, 1.82) is 0 Å². The Balaban J connectivity index is 1.71. The van der Waals surface area contributed by atoms with E-state index in [9.17, 15) is 14.4 Å². The average molecular weight is 253 g/mol. The van der Waals surface area contributed by atoms with E-state index in [0.29, 0.717) is 0 Å². The number of carbonyl (C=O) groups excluding carboxylic acids is 3. The molecule has 1 aliphatic heterocycles. The Bertz CT molecular complexity index is 366. The van der Waals surface area contributed by atoms with Gasteiger partial charge in [0.1, 0.15) is 0 Å². The normalized spacial score (nSPS) is 23.7. The Morgan fingerprint density at radius 2 is 1.94 bits per heavy atom. The average Bonchev–Trinajstić information content (AvgIpc) is 3.05. The van der Waals surface area contributed by atoms with E-state index in [1.807, 2.05) is 11.9 Å². The molecule has 0 bridgehead atoms. The van der Waals surface area contributed by atoms with Crippen LogP contribution in [0.2, 0.25) is 0 Å². The van der Waals surface area contributed by atoms with Crippen LogP contribution in [0.5, 0.6) is 0 Å². The van der Waals surface area contributed by atoms with Gasteiger partial charge in [-0.05, 0) is 39.3 Å². The second kappa shape index (κ2) is 5.48. The van der Waals surface area contributed by atoms with Crippen LogP contribution >= 0.6 is 0 Å². The number of amides is 2. The second-order valence-corrected chi connectivity index (χ2v) is 5.03. The lowest BCUT2D eigenvalue weighted by Gasteiger charge is -2.18. The molecule has 0 aromatic carbocycles. The summed E-state index contributed by atoms with van der Waals surface area (Å²) in [6.07, 6.45) is 3.69. The van der Waals surface area contributed by atoms with Crippen LogP contribution in [-0.4, -0.2) is 54.7 Å². The summed E-state index contributed by atoms with van der Waals surface area (Å²) < 4.78 is 0. The van der Waals surface area contributed by atoms with Gasteiger partial charge in [-0.3, -0.25) is 19.3 Å². The van der Waals surface area contributed by atoms with Crippen LogP contribution in [0, 0.1) is 0 Å². The van der Waals surface area contributed by atoms with Crippen molar-refractivity contribution in [3.8, 4) is 0 Å². The molecule has 0 radical (unpaired) electrons. The highest BCUT2D eigenvalue weighted by Gasteiger charge is 2.29. The Kier molecular flexibility index (Phi) is 3.96. The third kappa shape index (κ3) is 3.29. The molecule has 6 nitrogen and oxygen atoms in total. The van der Waals surface area contributed by atoms with Gasteiger partial charge in [-0.2, -0.15) is 0 Å². The minimum Gasteiger partial charge on any atom is -0.347 e. The number of Topliss-reactive ketones (excluding diaryl/α,β-unsaturated/α-hetero) is 1. The highest BCUT2D eigenvalue weighted by Crippen LogP contribution is 2.18. The van der Waals surface area contributed by atoms with E-state index in [-0.39, 0.29) is 24.5 Å². The molecule has 100 valence electrons. The van der Waals surface area contributed by atoms with Gasteiger partial charge in [0, 0.05) is 6.04 Å². The van der Waals surface area contributed by atoms with E-state index in [0.717, 1.165) is 32.2 Å². The lowest BCUT2D eigenvalue weighted by molar-refractivity contribution is -0.138. The zero-order chi connectivity index (χ0) is 13.1. The largest absolute Gasteiger partial charge is 0.347 e. The van der Waals surface area contributed by atoms with Crippen LogP contribution in [0.3, 0.4) is 0 Å². The standard InChI is InChI=1S/C12H19N3O3/c1-15-6-2-3-9(15)11(17)13-7-10(16)12(18)14-8-4-5-8/h8-9H,2-7H2,1H3,(H,13,17)(H,14,18). The summed E-state index contributed by atoms with van der Waals surface area (Å²) >= 11 is 0. The maximum Gasteiger partial charge on any atom is 0.289 e. The van der Waals surface area contributed by atoms with Crippen LogP contribution < -0.4 is 10.6 Å². The van der Waals surface area contributed by atoms with Gasteiger partial charge < -0.3 is 10.6 Å². The highest BCUT2D eigenvalue weighted by atomic mass is 16.2. The molecule has 2 fully saturated rings. The molecule has 2 N–H and O–H groups in total. The number of likely N-dealkylation sites (N-methyl/N-ethyl adjacent to an activating group) is 1. The molecule has 1 heterocycles. The van der Waals surface area contributed by atoms with Gasteiger partial charge in [-0.25, -0.2) is 0 Å². The van der Waals surface area contributed by atoms with E-state index in [2.05, 4.69) is 10.6 Å². The maximum absolute atomic E-state index is 11.8. The van der Waals surface area contributed by atoms with Gasteiger partial charge in [-0.1, -0.05) is 0 Å². The molecule has 2 aliphatic rings. The quantitative estimate of drug-likeness (QED) is 0.619. The van der Waals surface area contributed by atoms with Crippen LogP contribution in [0.1, 0.15) is 25.7 Å². The molecule has 2 rings (SSSR count). The Morgan fingerprint density at radius 3 is 2.50 bits per heavy atom. The molecule has 0 aromatic heterocycles. The van der Waals surface area contributed by atoms with Crippen molar-refractivity contribution in [2.24, 2.45) is 0 Å². The summed E-state index contributed by atoms with van der Waals surface area (Å²) in [5, 5.41) is 5.14. The fourth-order valence-corrected chi connectivity index (χ4v) is 2.10. The molecule has 0 aromatic rings. The molecule has 1 aliphatic carbocycles. The van der Waals surface area contributed by atoms with Gasteiger partial charge in [-0.15, -0.1) is 0 Å². The number of ketones is 1. The van der Waals surface area contributed by atoms with Gasteiger partial charge >= 0.3 is 0 Å². The first kappa shape index (κ1) is 13.0. The van der Waals surface area contributed by atoms with Crippen molar-refractivity contribution >= 4 is 17.6 Å². The van der Waals surface area contributed by atoms with Crippen molar-refractivity contribution in [1.82, 2.24) is 15.5 Å². The fraction of sp³-hybridized carbons (Fsp3) is 0.750. The van der Waals surface area contributed by atoms with E-state index in [1.54, 1.807) is 0 Å². The first-order valence-corrected chi connectivity index (χ1v) is 6.39. The number of nitrogens with one attached hydrogen (secondary N) is 2. The van der Waals surface area contributed by atoms with Crippen LogP contribution in [0.4, 0.5) is 0 Å². The van der Waals surface area contributed by atoms with Crippen molar-refractivity contribution in [2.45, 2.75) is 37.8 Å². The number of carbonyl (C=O) groups is 3. The molecule has 2 amide bonds. The molecule has 1 atom stereocenters. The fourth-order valence-electron chi connectivity index (χ4n) is 2.10. The molecule has 1 unspecified atom stereocenters. The number of hydrogen-bond acceptors (Lipinski definition) is 4. The molecule has 18 heavy (non-hydrogen) atoms. The molecule has 1 saturated carbocycles. The van der Waals surface area contributed by atoms with Crippen molar-refractivity contribution in [3.63, 3.8) is 0 Å². The van der Waals surface area contributed by atoms with Gasteiger partial charge in [0.2, 0.25) is 11.7 Å². The summed E-state index contributed by atoms with van der Waals surface area (Å²) in [7, 11) is 1.89. The van der Waals surface area contributed by atoms with Gasteiger partial charge in [0.25, 0.3) is 5.91 Å². The molecule has 0 spiro atoms. The van der Waals surface area contributed by atoms with E-state index in [1.165, 1.54) is 0 Å². The first-order valence-electron chi connectivity index (χ1n) is 6.39. The van der Waals surface area contributed by atoms with Crippen LogP contribution in [-0.2, 0) is 14.4 Å². The third-order valence-electron chi connectivity index (χ3n) is 3.41. The molecule has 1 saturated heterocycles. The van der Waals surface area contributed by atoms with E-state index in [4.69, 9.17) is 0 Å². The minimum absolute atomic E-state index is 0.163. The first-order chi connectivity index (χ1) is 8.58. The van der Waals surface area contributed by atoms with E-state index >= 15 is 0 Å². The molecular weight excluding hydrogens is 234 g/mol. The topological polar surface area (TPSA) is 78.5 Å². The number of likely N-dealkylation sites (tertiary alicyclic amines) is 1. The summed E-state index contributed by atoms with van der Waals surface area (Å²) in [5.41, 5.74) is 0. The SMILES string of the molecule is CN1CCCC1C(=O)NCC(=O)C(=O)NC1CC1. The van der Waals surface area contributed by atoms with Gasteiger partial charge in [0.05, 0.1) is 12.6 Å². The van der Waals surface area contributed by atoms with Crippen molar-refractivity contribution < 1.29 is 14.4 Å². The van der Waals surface area contributed by atoms with E-state index < -0.39 is 11.7 Å². The summed E-state index contributed by atoms with van der Waals surface area (Å²) in [4.78, 5) is 36.6. The Hall–Kier alpha value is -1.43. The lowest BCUT2D eigenvalue weighted by Crippen LogP contribution is -2.46. The number of hydrogen-bond donors (Lipinski definition) is 2. The number of rotatable bonds is 5. The van der Waals surface area contributed by atoms with Crippen LogP contribution in [0.25, 0.3) is 0 Å². The number of nitrogens with zero attached hydrogens (tertiary/aromatic N) is 1. The predicted octanol–water partition coefficient (Wildman–Crippen LogP) is -0.955. The zero-order valence-corrected chi connectivity index (χ0v) is 10.6. The molecular formula is C12H19N3O3. The molecule has 6 heteroatoms. The second-order valence-electron chi connectivity index (χ2n) is 5.03. The summed E-state index contributed by atoms with van der Waals surface area (Å²) in [5.74, 6) is -1.32. The maximum atomic E-state index is 11.8. The minimum atomic E-state index is -0.586.